The van der Waals surface area contributed by atoms with Crippen molar-refractivity contribution in [2.45, 2.75) is 45.1 Å². The van der Waals surface area contributed by atoms with E-state index in [0.29, 0.717) is 40.0 Å². The third-order valence-electron chi connectivity index (χ3n) is 7.75. The maximum Gasteiger partial charge on any atom is 0.308 e. The number of benzene rings is 1. The molecule has 1 aromatic heterocycles. The van der Waals surface area contributed by atoms with Crippen LogP contribution in [0.15, 0.2) is 51.6 Å². The van der Waals surface area contributed by atoms with Crippen LogP contribution in [0.25, 0.3) is 10.9 Å². The highest BCUT2D eigenvalue weighted by Gasteiger charge is 2.28. The molecule has 2 heterocycles. The lowest BCUT2D eigenvalue weighted by molar-refractivity contribution is -0.146. The number of dihydropyridines is 1. The van der Waals surface area contributed by atoms with Crippen LogP contribution in [0.5, 0.6) is 0 Å². The van der Waals surface area contributed by atoms with Gasteiger partial charge in [-0.05, 0) is 84.2 Å². The topological polar surface area (TPSA) is 72.7 Å². The van der Waals surface area contributed by atoms with Crippen molar-refractivity contribution in [1.29, 1.82) is 0 Å². The SMILES string of the molecule is COC(=O)C1CCC(CNC(=O)c2c(Cl)c(Br)cc3ccn(CC4=NCC5CCC=CC5=C4)c23)CC1. The van der Waals surface area contributed by atoms with Gasteiger partial charge in [0.1, 0.15) is 0 Å². The Kier molecular flexibility index (Phi) is 7.68. The average Bonchev–Trinajstić information content (AvgIpc) is 3.29. The van der Waals surface area contributed by atoms with Crippen LogP contribution < -0.4 is 5.32 Å². The third kappa shape index (κ3) is 5.18. The molecule has 5 rings (SSSR count). The van der Waals surface area contributed by atoms with E-state index in [9.17, 15) is 9.59 Å². The van der Waals surface area contributed by atoms with Gasteiger partial charge in [-0.3, -0.25) is 14.6 Å². The zero-order valence-corrected chi connectivity index (χ0v) is 22.8. The number of halogens is 2. The fourth-order valence-corrected chi connectivity index (χ4v) is 6.34. The molecular weight excluding hydrogens is 542 g/mol. The molecule has 2 aliphatic carbocycles. The van der Waals surface area contributed by atoms with E-state index < -0.39 is 0 Å². The van der Waals surface area contributed by atoms with Crippen LogP contribution >= 0.6 is 27.5 Å². The molecule has 1 N–H and O–H groups in total. The number of amides is 1. The Balaban J connectivity index is 1.34. The van der Waals surface area contributed by atoms with E-state index >= 15 is 0 Å². The Hall–Kier alpha value is -2.38. The third-order valence-corrected chi connectivity index (χ3v) is 8.99. The summed E-state index contributed by atoms with van der Waals surface area (Å²) < 4.78 is 7.66. The summed E-state index contributed by atoms with van der Waals surface area (Å²) in [5.74, 6) is 0.522. The summed E-state index contributed by atoms with van der Waals surface area (Å²) in [6.45, 7) is 1.97. The summed E-state index contributed by atoms with van der Waals surface area (Å²) in [5, 5.41) is 4.48. The van der Waals surface area contributed by atoms with Gasteiger partial charge in [-0.1, -0.05) is 23.8 Å². The Morgan fingerprint density at radius 1 is 1.25 bits per heavy atom. The van der Waals surface area contributed by atoms with Gasteiger partial charge in [0.2, 0.25) is 0 Å². The number of allylic oxidation sites excluding steroid dienone is 3. The fourth-order valence-electron chi connectivity index (χ4n) is 5.67. The predicted molar refractivity (Wildman–Crippen MR) is 147 cm³/mol. The van der Waals surface area contributed by atoms with E-state index in [1.807, 2.05) is 18.3 Å². The summed E-state index contributed by atoms with van der Waals surface area (Å²) in [7, 11) is 1.44. The average molecular weight is 573 g/mol. The molecule has 6 nitrogen and oxygen atoms in total. The predicted octanol–water partition coefficient (Wildman–Crippen LogP) is 6.11. The van der Waals surface area contributed by atoms with E-state index in [2.05, 4.69) is 44.0 Å². The molecule has 1 amide bonds. The smallest absolute Gasteiger partial charge is 0.308 e. The Morgan fingerprint density at radius 2 is 2.06 bits per heavy atom. The molecule has 1 fully saturated rings. The van der Waals surface area contributed by atoms with Gasteiger partial charge in [-0.2, -0.15) is 0 Å². The number of rotatable bonds is 6. The molecule has 190 valence electrons. The summed E-state index contributed by atoms with van der Waals surface area (Å²) >= 11 is 10.2. The van der Waals surface area contributed by atoms with Gasteiger partial charge < -0.3 is 14.6 Å². The van der Waals surface area contributed by atoms with Crippen molar-refractivity contribution in [3.05, 3.63) is 57.2 Å². The van der Waals surface area contributed by atoms with Crippen molar-refractivity contribution in [3.63, 3.8) is 0 Å². The number of carbonyl (C=O) groups excluding carboxylic acids is 2. The van der Waals surface area contributed by atoms with Crippen LogP contribution in [0.4, 0.5) is 0 Å². The van der Waals surface area contributed by atoms with Crippen LogP contribution in [0.3, 0.4) is 0 Å². The van der Waals surface area contributed by atoms with Crippen molar-refractivity contribution in [1.82, 2.24) is 9.88 Å². The standard InChI is InChI=1S/C28H31BrClN3O3/c1-36-28(35)18-8-6-17(7-9-18)14-32-27(34)24-25(30)23(29)13-20-10-11-33(26(20)24)16-22-12-19-4-2-3-5-21(19)15-31-22/h2,4,10-13,17-18,21H,3,5-9,14-16H2,1H3,(H,32,34). The normalized spacial score (nSPS) is 23.6. The number of nitrogens with zero attached hydrogens (tertiary/aromatic N) is 2. The van der Waals surface area contributed by atoms with Crippen LogP contribution in [-0.2, 0) is 16.1 Å². The molecule has 36 heavy (non-hydrogen) atoms. The molecule has 1 aromatic carbocycles. The van der Waals surface area contributed by atoms with Crippen LogP contribution in [-0.4, -0.2) is 42.4 Å². The van der Waals surface area contributed by atoms with Crippen LogP contribution in [0.1, 0.15) is 48.9 Å². The highest BCUT2D eigenvalue weighted by Crippen LogP contribution is 2.35. The maximum atomic E-state index is 13.5. The first-order chi connectivity index (χ1) is 17.4. The van der Waals surface area contributed by atoms with E-state index in [0.717, 1.165) is 61.7 Å². The quantitative estimate of drug-likeness (QED) is 0.424. The second-order valence-corrected chi connectivity index (χ2v) is 11.3. The van der Waals surface area contributed by atoms with Gasteiger partial charge in [-0.25, -0.2) is 0 Å². The zero-order valence-electron chi connectivity index (χ0n) is 20.4. The second kappa shape index (κ2) is 10.9. The Bertz CT molecular complexity index is 1270. The van der Waals surface area contributed by atoms with Gasteiger partial charge in [0, 0.05) is 35.1 Å². The highest BCUT2D eigenvalue weighted by molar-refractivity contribution is 9.10. The van der Waals surface area contributed by atoms with E-state index in [4.69, 9.17) is 21.3 Å². The first-order valence-corrected chi connectivity index (χ1v) is 13.9. The van der Waals surface area contributed by atoms with Crippen molar-refractivity contribution in [2.75, 3.05) is 20.2 Å². The van der Waals surface area contributed by atoms with E-state index in [1.165, 1.54) is 12.7 Å². The van der Waals surface area contributed by atoms with Gasteiger partial charge in [0.05, 0.1) is 41.4 Å². The van der Waals surface area contributed by atoms with Crippen molar-refractivity contribution >= 4 is 56.0 Å². The van der Waals surface area contributed by atoms with Crippen molar-refractivity contribution in [3.8, 4) is 0 Å². The molecule has 1 atom stereocenters. The minimum atomic E-state index is -0.180. The second-order valence-electron chi connectivity index (χ2n) is 10.0. The lowest BCUT2D eigenvalue weighted by Gasteiger charge is -2.27. The molecule has 0 spiro atoms. The zero-order chi connectivity index (χ0) is 25.2. The molecule has 2 aromatic rings. The number of aliphatic imine (C=N–C) groups is 1. The number of carbonyl (C=O) groups is 2. The lowest BCUT2D eigenvalue weighted by atomic mass is 9.82. The summed E-state index contributed by atoms with van der Waals surface area (Å²) in [5.41, 5.74) is 3.66. The van der Waals surface area contributed by atoms with Gasteiger partial charge in [0.15, 0.2) is 0 Å². The van der Waals surface area contributed by atoms with Gasteiger partial charge in [-0.15, -0.1) is 0 Å². The number of nitrogens with one attached hydrogen (secondary N) is 1. The van der Waals surface area contributed by atoms with Crippen molar-refractivity contribution in [2.24, 2.45) is 22.7 Å². The molecule has 0 bridgehead atoms. The fraction of sp³-hybridized carbons (Fsp3) is 0.464. The number of aromatic nitrogens is 1. The molecule has 1 aliphatic heterocycles. The Morgan fingerprint density at radius 3 is 2.83 bits per heavy atom. The molecule has 0 radical (unpaired) electrons. The maximum absolute atomic E-state index is 13.5. The molecular formula is C28H31BrClN3O3. The summed E-state index contributed by atoms with van der Waals surface area (Å²) in [6.07, 6.45) is 14.3. The minimum absolute atomic E-state index is 0.0265. The number of hydrogen-bond donors (Lipinski definition) is 1. The summed E-state index contributed by atoms with van der Waals surface area (Å²) in [4.78, 5) is 30.1. The molecule has 3 aliphatic rings. The van der Waals surface area contributed by atoms with Gasteiger partial charge in [0.25, 0.3) is 5.91 Å². The monoisotopic (exact) mass is 571 g/mol. The van der Waals surface area contributed by atoms with E-state index in [1.54, 1.807) is 0 Å². The number of ether oxygens (including phenoxy) is 1. The first kappa shape index (κ1) is 25.3. The first-order valence-electron chi connectivity index (χ1n) is 12.7. The summed E-state index contributed by atoms with van der Waals surface area (Å²) in [6, 6.07) is 3.97. The molecule has 1 saturated carbocycles. The van der Waals surface area contributed by atoms with Gasteiger partial charge >= 0.3 is 5.97 Å². The number of methoxy groups -OCH3 is 1. The number of hydrogen-bond acceptors (Lipinski definition) is 4. The van der Waals surface area contributed by atoms with Crippen molar-refractivity contribution < 1.29 is 14.3 Å². The molecule has 0 saturated heterocycles. The number of fused-ring (bicyclic) bond motifs is 2. The number of esters is 1. The highest BCUT2D eigenvalue weighted by atomic mass is 79.9. The molecule has 8 heteroatoms. The van der Waals surface area contributed by atoms with Crippen LogP contribution in [0, 0.1) is 17.8 Å². The van der Waals surface area contributed by atoms with E-state index in [-0.39, 0.29) is 17.8 Å². The van der Waals surface area contributed by atoms with Crippen LogP contribution in [0.2, 0.25) is 5.02 Å². The lowest BCUT2D eigenvalue weighted by Crippen LogP contribution is -2.33. The minimum Gasteiger partial charge on any atom is -0.469 e. The largest absolute Gasteiger partial charge is 0.469 e. The Labute approximate surface area is 224 Å². The molecule has 1 unspecified atom stereocenters.